The summed E-state index contributed by atoms with van der Waals surface area (Å²) in [7, 11) is 0. The molecule has 0 spiro atoms. The Morgan fingerprint density at radius 1 is 1.20 bits per heavy atom. The highest BCUT2D eigenvalue weighted by molar-refractivity contribution is 5.98. The van der Waals surface area contributed by atoms with Crippen molar-refractivity contribution in [2.24, 2.45) is 0 Å². The lowest BCUT2D eigenvalue weighted by molar-refractivity contribution is -0.137. The summed E-state index contributed by atoms with van der Waals surface area (Å²) in [6.07, 6.45) is 1.27. The first-order valence-corrected chi connectivity index (χ1v) is 5.66. The molecule has 2 rings (SSSR count). The van der Waals surface area contributed by atoms with E-state index < -0.39 is 24.3 Å². The molecule has 0 radical (unpaired) electrons. The van der Waals surface area contributed by atoms with Crippen molar-refractivity contribution < 1.29 is 23.9 Å². The summed E-state index contributed by atoms with van der Waals surface area (Å²) >= 11 is 0. The number of nitrogens with zero attached hydrogens (tertiary/aromatic N) is 1. The summed E-state index contributed by atoms with van der Waals surface area (Å²) in [6, 6.07) is 4.67. The van der Waals surface area contributed by atoms with E-state index in [-0.39, 0.29) is 6.54 Å². The number of carbonyl (C=O) groups excluding carboxylic acids is 2. The van der Waals surface area contributed by atoms with Gasteiger partial charge in [0.2, 0.25) is 5.91 Å². The molecule has 1 heterocycles. The number of benzene rings is 1. The van der Waals surface area contributed by atoms with Gasteiger partial charge in [0.25, 0.3) is 5.91 Å². The Morgan fingerprint density at radius 2 is 2.00 bits per heavy atom. The van der Waals surface area contributed by atoms with Crippen LogP contribution in [0.25, 0.3) is 11.1 Å². The van der Waals surface area contributed by atoms with Crippen LogP contribution in [0, 0.1) is 0 Å². The first-order valence-electron chi connectivity index (χ1n) is 5.66. The van der Waals surface area contributed by atoms with Crippen molar-refractivity contribution in [2.45, 2.75) is 0 Å². The number of carboxylic acid groups (broad SMARTS) is 1. The summed E-state index contributed by atoms with van der Waals surface area (Å²) in [6.45, 7) is -0.789. The molecule has 1 aromatic carbocycles. The lowest BCUT2D eigenvalue weighted by Crippen LogP contribution is -2.39. The zero-order valence-corrected chi connectivity index (χ0v) is 10.3. The summed E-state index contributed by atoms with van der Waals surface area (Å²) in [5.41, 5.74) is 1.42. The maximum atomic E-state index is 11.8. The molecule has 0 bridgehead atoms. The Morgan fingerprint density at radius 3 is 2.75 bits per heavy atom. The van der Waals surface area contributed by atoms with Gasteiger partial charge in [-0.3, -0.25) is 14.4 Å². The Balaban J connectivity index is 1.91. The second-order valence-electron chi connectivity index (χ2n) is 3.89. The summed E-state index contributed by atoms with van der Waals surface area (Å²) in [5, 5.41) is 12.9. The van der Waals surface area contributed by atoms with Gasteiger partial charge in [-0.25, -0.2) is 4.98 Å². The monoisotopic (exact) mass is 277 g/mol. The highest BCUT2D eigenvalue weighted by Gasteiger charge is 2.10. The van der Waals surface area contributed by atoms with Crippen molar-refractivity contribution in [3.8, 4) is 0 Å². The molecule has 2 aromatic rings. The normalized spacial score (nSPS) is 10.2. The van der Waals surface area contributed by atoms with Gasteiger partial charge in [-0.05, 0) is 18.2 Å². The number of aliphatic carboxylic acids is 1. The number of amides is 2. The van der Waals surface area contributed by atoms with Crippen molar-refractivity contribution >= 4 is 28.9 Å². The molecule has 0 aliphatic carbocycles. The minimum atomic E-state index is -1.15. The number of aromatic nitrogens is 1. The van der Waals surface area contributed by atoms with Crippen molar-refractivity contribution in [1.82, 2.24) is 15.6 Å². The van der Waals surface area contributed by atoms with E-state index in [1.165, 1.54) is 18.5 Å². The molecule has 0 saturated carbocycles. The minimum Gasteiger partial charge on any atom is -0.480 e. The van der Waals surface area contributed by atoms with Crippen molar-refractivity contribution in [3.05, 3.63) is 30.2 Å². The molecule has 0 fully saturated rings. The summed E-state index contributed by atoms with van der Waals surface area (Å²) in [5.74, 6) is -2.19. The van der Waals surface area contributed by atoms with Gasteiger partial charge in [0, 0.05) is 5.56 Å². The highest BCUT2D eigenvalue weighted by Crippen LogP contribution is 2.13. The van der Waals surface area contributed by atoms with Gasteiger partial charge >= 0.3 is 5.97 Å². The first kappa shape index (κ1) is 13.5. The van der Waals surface area contributed by atoms with Crippen LogP contribution in [0.3, 0.4) is 0 Å². The summed E-state index contributed by atoms with van der Waals surface area (Å²) < 4.78 is 5.04. The van der Waals surface area contributed by atoms with Crippen LogP contribution >= 0.6 is 0 Å². The van der Waals surface area contributed by atoms with Crippen LogP contribution in [0.2, 0.25) is 0 Å². The van der Waals surface area contributed by atoms with Crippen molar-refractivity contribution in [2.75, 3.05) is 13.1 Å². The van der Waals surface area contributed by atoms with Crippen LogP contribution in [0.4, 0.5) is 0 Å². The Labute approximate surface area is 112 Å². The number of oxazole rings is 1. The molecule has 3 N–H and O–H groups in total. The number of carbonyl (C=O) groups is 3. The Bertz CT molecular complexity index is 664. The lowest BCUT2D eigenvalue weighted by Gasteiger charge is -2.05. The molecule has 0 saturated heterocycles. The molecule has 8 heteroatoms. The third-order valence-corrected chi connectivity index (χ3v) is 2.44. The minimum absolute atomic E-state index is 0.303. The van der Waals surface area contributed by atoms with Gasteiger partial charge in [0.05, 0.1) is 6.54 Å². The van der Waals surface area contributed by atoms with E-state index in [2.05, 4.69) is 15.6 Å². The molecule has 1 aromatic heterocycles. The topological polar surface area (TPSA) is 122 Å². The van der Waals surface area contributed by atoms with Crippen LogP contribution in [-0.2, 0) is 9.59 Å². The number of hydrogen-bond donors (Lipinski definition) is 3. The summed E-state index contributed by atoms with van der Waals surface area (Å²) in [4.78, 5) is 37.2. The van der Waals surface area contributed by atoms with Gasteiger partial charge < -0.3 is 20.2 Å². The standard InChI is InChI=1S/C12H11N3O5/c16-10(13-5-11(17)18)4-14-12(19)7-1-2-9-8(3-7)15-6-20-9/h1-3,6H,4-5H2,(H,13,16)(H,14,19)(H,17,18). The van der Waals surface area contributed by atoms with Crippen LogP contribution in [0.1, 0.15) is 10.4 Å². The third kappa shape index (κ3) is 3.31. The van der Waals surface area contributed by atoms with Gasteiger partial charge in [-0.1, -0.05) is 0 Å². The zero-order chi connectivity index (χ0) is 14.5. The van der Waals surface area contributed by atoms with E-state index in [4.69, 9.17) is 9.52 Å². The fourth-order valence-corrected chi connectivity index (χ4v) is 1.50. The molecular formula is C12H11N3O5. The average molecular weight is 277 g/mol. The van der Waals surface area contributed by atoms with Crippen LogP contribution in [0.15, 0.2) is 29.0 Å². The molecule has 104 valence electrons. The predicted molar refractivity (Wildman–Crippen MR) is 67.0 cm³/mol. The largest absolute Gasteiger partial charge is 0.480 e. The van der Waals surface area contributed by atoms with Crippen LogP contribution < -0.4 is 10.6 Å². The Hall–Kier alpha value is -2.90. The molecule has 0 atom stereocenters. The number of hydrogen-bond acceptors (Lipinski definition) is 5. The first-order chi connectivity index (χ1) is 9.56. The fourth-order valence-electron chi connectivity index (χ4n) is 1.50. The SMILES string of the molecule is O=C(O)CNC(=O)CNC(=O)c1ccc2ocnc2c1. The number of carboxylic acids is 1. The van der Waals surface area contributed by atoms with E-state index >= 15 is 0 Å². The molecular weight excluding hydrogens is 266 g/mol. The second-order valence-corrected chi connectivity index (χ2v) is 3.89. The van der Waals surface area contributed by atoms with Crippen LogP contribution in [0.5, 0.6) is 0 Å². The maximum absolute atomic E-state index is 11.8. The van der Waals surface area contributed by atoms with E-state index in [1.54, 1.807) is 6.07 Å². The van der Waals surface area contributed by atoms with Gasteiger partial charge in [-0.2, -0.15) is 0 Å². The Kier molecular flexibility index (Phi) is 3.94. The molecule has 2 amide bonds. The molecule has 0 aliphatic heterocycles. The highest BCUT2D eigenvalue weighted by atomic mass is 16.4. The van der Waals surface area contributed by atoms with E-state index in [0.717, 1.165) is 0 Å². The second kappa shape index (κ2) is 5.83. The van der Waals surface area contributed by atoms with Crippen molar-refractivity contribution in [3.63, 3.8) is 0 Å². The van der Waals surface area contributed by atoms with Gasteiger partial charge in [0.15, 0.2) is 12.0 Å². The smallest absolute Gasteiger partial charge is 0.322 e. The molecule has 20 heavy (non-hydrogen) atoms. The third-order valence-electron chi connectivity index (χ3n) is 2.44. The molecule has 0 aliphatic rings. The van der Waals surface area contributed by atoms with E-state index in [1.807, 2.05) is 0 Å². The predicted octanol–water partition coefficient (Wildman–Crippen LogP) is -0.242. The maximum Gasteiger partial charge on any atom is 0.322 e. The van der Waals surface area contributed by atoms with Gasteiger partial charge in [-0.15, -0.1) is 0 Å². The number of fused-ring (bicyclic) bond motifs is 1. The van der Waals surface area contributed by atoms with Crippen molar-refractivity contribution in [1.29, 1.82) is 0 Å². The van der Waals surface area contributed by atoms with E-state index in [0.29, 0.717) is 16.7 Å². The lowest BCUT2D eigenvalue weighted by atomic mass is 10.2. The fraction of sp³-hybridized carbons (Fsp3) is 0.167. The molecule has 0 unspecified atom stereocenters. The zero-order valence-electron chi connectivity index (χ0n) is 10.3. The van der Waals surface area contributed by atoms with Gasteiger partial charge in [0.1, 0.15) is 12.1 Å². The number of rotatable bonds is 5. The van der Waals surface area contributed by atoms with E-state index in [9.17, 15) is 14.4 Å². The number of nitrogens with one attached hydrogen (secondary N) is 2. The molecule has 8 nitrogen and oxygen atoms in total. The average Bonchev–Trinajstić information content (AvgIpc) is 2.89. The van der Waals surface area contributed by atoms with Crippen LogP contribution in [-0.4, -0.2) is 41.0 Å². The quantitative estimate of drug-likeness (QED) is 0.693.